The minimum absolute atomic E-state index is 0.163. The monoisotopic (exact) mass is 491 g/mol. The van der Waals surface area contributed by atoms with Gasteiger partial charge in [0.2, 0.25) is 0 Å². The van der Waals surface area contributed by atoms with E-state index >= 15 is 0 Å². The molecule has 0 saturated heterocycles. The molecule has 5 rings (SSSR count). The molecule has 0 fully saturated rings. The van der Waals surface area contributed by atoms with Crippen molar-refractivity contribution in [3.63, 3.8) is 0 Å². The molecular formula is C24H21N5O3S2. The average Bonchev–Trinajstić information content (AvgIpc) is 3.55. The highest BCUT2D eigenvalue weighted by Crippen LogP contribution is 2.39. The van der Waals surface area contributed by atoms with Gasteiger partial charge in [-0.3, -0.25) is 9.55 Å². The number of hydrogen-bond acceptors (Lipinski definition) is 8. The minimum Gasteiger partial charge on any atom is -0.461 e. The van der Waals surface area contributed by atoms with Crippen LogP contribution in [0, 0.1) is 6.92 Å². The lowest BCUT2D eigenvalue weighted by atomic mass is 10.2. The molecule has 0 radical (unpaired) electrons. The van der Waals surface area contributed by atoms with E-state index in [1.54, 1.807) is 41.5 Å². The van der Waals surface area contributed by atoms with Gasteiger partial charge >= 0.3 is 12.0 Å². The number of carbonyl (C=O) groups is 2. The number of nitrogens with zero attached hydrogens (tertiary/aromatic N) is 3. The number of aromatic nitrogens is 3. The first kappa shape index (κ1) is 22.1. The maximum Gasteiger partial charge on any atom is 0.357 e. The van der Waals surface area contributed by atoms with Gasteiger partial charge in [-0.1, -0.05) is 0 Å². The van der Waals surface area contributed by atoms with Crippen molar-refractivity contribution in [3.05, 3.63) is 59.4 Å². The summed E-state index contributed by atoms with van der Waals surface area (Å²) in [5.41, 5.74) is 4.71. The van der Waals surface area contributed by atoms with Crippen LogP contribution < -0.4 is 10.6 Å². The van der Waals surface area contributed by atoms with E-state index in [0.717, 1.165) is 48.1 Å². The third-order valence-corrected chi connectivity index (χ3v) is 7.46. The second-order valence-electron chi connectivity index (χ2n) is 7.52. The molecule has 0 spiro atoms. The number of rotatable bonds is 5. The zero-order valence-electron chi connectivity index (χ0n) is 18.7. The Hall–Kier alpha value is -3.76. The molecule has 0 unspecified atom stereocenters. The van der Waals surface area contributed by atoms with Crippen LogP contribution in [0.2, 0.25) is 0 Å². The number of hydrogen-bond donors (Lipinski definition) is 2. The lowest BCUT2D eigenvalue weighted by Gasteiger charge is -2.09. The number of anilines is 2. The molecule has 0 bridgehead atoms. The van der Waals surface area contributed by atoms with Gasteiger partial charge in [0.05, 0.1) is 32.9 Å². The van der Waals surface area contributed by atoms with E-state index in [4.69, 9.17) is 4.74 Å². The highest BCUT2D eigenvalue weighted by atomic mass is 32.1. The summed E-state index contributed by atoms with van der Waals surface area (Å²) in [5.74, 6) is -0.414. The lowest BCUT2D eigenvalue weighted by Crippen LogP contribution is -2.25. The Morgan fingerprint density at radius 3 is 2.82 bits per heavy atom. The summed E-state index contributed by atoms with van der Waals surface area (Å²) < 4.78 is 7.69. The first-order valence-electron chi connectivity index (χ1n) is 10.6. The summed E-state index contributed by atoms with van der Waals surface area (Å²) >= 11 is 2.97. The molecule has 0 aliphatic carbocycles. The molecule has 4 heterocycles. The molecular weight excluding hydrogens is 470 g/mol. The van der Waals surface area contributed by atoms with Crippen LogP contribution in [0.1, 0.15) is 23.1 Å². The van der Waals surface area contributed by atoms with Crippen LogP contribution >= 0.6 is 22.7 Å². The van der Waals surface area contributed by atoms with E-state index in [-0.39, 0.29) is 6.03 Å². The third-order valence-electron chi connectivity index (χ3n) is 5.29. The fourth-order valence-electron chi connectivity index (χ4n) is 3.80. The molecule has 4 aromatic heterocycles. The number of fused-ring (bicyclic) bond motifs is 2. The topological polar surface area (TPSA) is 98.1 Å². The Morgan fingerprint density at radius 2 is 2.03 bits per heavy atom. The number of esters is 1. The number of amides is 1. The number of ether oxygens (including phenoxy) is 1. The van der Waals surface area contributed by atoms with E-state index in [1.807, 2.05) is 43.3 Å². The Bertz CT molecular complexity index is 1550. The molecule has 0 saturated carbocycles. The highest BCUT2D eigenvalue weighted by molar-refractivity contribution is 7.26. The number of thiazole rings is 1. The first-order valence-corrected chi connectivity index (χ1v) is 12.3. The SMILES string of the molecule is CCOC(=O)c1csc(-c2cc3nccc(Nc4ccc5c(c4)cc(C)n5C(=O)NC)c3s2)n1. The molecule has 8 nitrogen and oxygen atoms in total. The van der Waals surface area contributed by atoms with Crippen molar-refractivity contribution in [2.24, 2.45) is 0 Å². The quantitative estimate of drug-likeness (QED) is 0.302. The Kier molecular flexibility index (Phi) is 5.76. The fraction of sp³-hybridized carbons (Fsp3) is 0.167. The summed E-state index contributed by atoms with van der Waals surface area (Å²) in [4.78, 5) is 34.1. The van der Waals surface area contributed by atoms with E-state index in [0.29, 0.717) is 12.3 Å². The fourth-order valence-corrected chi connectivity index (χ4v) is 5.73. The number of benzene rings is 1. The van der Waals surface area contributed by atoms with Gasteiger partial charge in [-0.05, 0) is 50.2 Å². The van der Waals surface area contributed by atoms with Gasteiger partial charge in [-0.25, -0.2) is 14.6 Å². The van der Waals surface area contributed by atoms with Crippen molar-refractivity contribution in [3.8, 4) is 9.88 Å². The number of pyridine rings is 1. The maximum absolute atomic E-state index is 12.2. The summed E-state index contributed by atoms with van der Waals surface area (Å²) in [6.07, 6.45) is 1.76. The minimum atomic E-state index is -0.414. The van der Waals surface area contributed by atoms with Crippen molar-refractivity contribution in [2.75, 3.05) is 19.0 Å². The van der Waals surface area contributed by atoms with Gasteiger partial charge in [0.1, 0.15) is 5.01 Å². The predicted molar refractivity (Wildman–Crippen MR) is 136 cm³/mol. The van der Waals surface area contributed by atoms with Crippen LogP contribution in [-0.2, 0) is 4.74 Å². The Labute approximate surface area is 203 Å². The van der Waals surface area contributed by atoms with Crippen LogP contribution in [0.15, 0.2) is 48.0 Å². The van der Waals surface area contributed by atoms with E-state index < -0.39 is 5.97 Å². The Morgan fingerprint density at radius 1 is 1.18 bits per heavy atom. The molecule has 0 aliphatic rings. The summed E-state index contributed by atoms with van der Waals surface area (Å²) in [6.45, 7) is 4.00. The van der Waals surface area contributed by atoms with Gasteiger partial charge in [-0.2, -0.15) is 0 Å². The molecule has 1 aromatic carbocycles. The van der Waals surface area contributed by atoms with E-state index in [2.05, 4.69) is 20.6 Å². The standard InChI is InChI=1S/C24H21N5O3S2/c1-4-32-23(30)18-12-33-22(28-18)20-11-17-21(34-20)16(7-8-26-17)27-15-5-6-19-14(10-15)9-13(2)29(19)24(31)25-3/h5-12H,4H2,1-3H3,(H,25,31)(H,26,27). The molecule has 0 aliphatic heterocycles. The molecule has 10 heteroatoms. The first-order chi connectivity index (χ1) is 16.5. The maximum atomic E-state index is 12.2. The molecule has 34 heavy (non-hydrogen) atoms. The van der Waals surface area contributed by atoms with E-state index in [1.165, 1.54) is 11.3 Å². The summed E-state index contributed by atoms with van der Waals surface area (Å²) in [5, 5.41) is 9.60. The van der Waals surface area contributed by atoms with Gasteiger partial charge in [0, 0.05) is 35.4 Å². The molecule has 5 aromatic rings. The molecule has 2 N–H and O–H groups in total. The van der Waals surface area contributed by atoms with Crippen molar-refractivity contribution in [1.82, 2.24) is 19.9 Å². The van der Waals surface area contributed by atoms with Crippen molar-refractivity contribution in [2.45, 2.75) is 13.8 Å². The van der Waals surface area contributed by atoms with Crippen molar-refractivity contribution >= 4 is 67.2 Å². The van der Waals surface area contributed by atoms with Crippen molar-refractivity contribution in [1.29, 1.82) is 0 Å². The smallest absolute Gasteiger partial charge is 0.357 e. The van der Waals surface area contributed by atoms with E-state index in [9.17, 15) is 9.59 Å². The number of nitrogens with one attached hydrogen (secondary N) is 2. The summed E-state index contributed by atoms with van der Waals surface area (Å²) in [6, 6.07) is 11.6. The molecule has 1 amide bonds. The van der Waals surface area contributed by atoms with Crippen LogP contribution in [0.5, 0.6) is 0 Å². The van der Waals surface area contributed by atoms with Gasteiger partial charge in [0.15, 0.2) is 5.69 Å². The van der Waals surface area contributed by atoms with Gasteiger partial charge in [0.25, 0.3) is 0 Å². The Balaban J connectivity index is 1.47. The second-order valence-corrected chi connectivity index (χ2v) is 9.43. The van der Waals surface area contributed by atoms with Crippen LogP contribution in [0.4, 0.5) is 16.2 Å². The van der Waals surface area contributed by atoms with Crippen LogP contribution in [0.25, 0.3) is 31.0 Å². The van der Waals surface area contributed by atoms with Crippen LogP contribution in [-0.4, -0.2) is 40.2 Å². The van der Waals surface area contributed by atoms with Gasteiger partial charge in [-0.15, -0.1) is 22.7 Å². The average molecular weight is 492 g/mol. The largest absolute Gasteiger partial charge is 0.461 e. The number of carbonyl (C=O) groups excluding carboxylic acids is 2. The zero-order valence-corrected chi connectivity index (χ0v) is 20.3. The highest BCUT2D eigenvalue weighted by Gasteiger charge is 2.16. The lowest BCUT2D eigenvalue weighted by molar-refractivity contribution is 0.0520. The normalized spacial score (nSPS) is 11.1. The molecule has 172 valence electrons. The number of thiophene rings is 1. The number of aryl methyl sites for hydroxylation is 1. The zero-order chi connectivity index (χ0) is 23.8. The van der Waals surface area contributed by atoms with Crippen molar-refractivity contribution < 1.29 is 14.3 Å². The summed E-state index contributed by atoms with van der Waals surface area (Å²) in [7, 11) is 1.62. The molecule has 0 atom stereocenters. The predicted octanol–water partition coefficient (Wildman–Crippen LogP) is 5.79. The van der Waals surface area contributed by atoms with Crippen LogP contribution in [0.3, 0.4) is 0 Å². The second kappa shape index (κ2) is 8.88. The third kappa shape index (κ3) is 3.91. The van der Waals surface area contributed by atoms with Gasteiger partial charge < -0.3 is 15.4 Å².